The van der Waals surface area contributed by atoms with Gasteiger partial charge in [-0.25, -0.2) is 9.37 Å². The van der Waals surface area contributed by atoms with Crippen LogP contribution in [0.15, 0.2) is 12.3 Å². The summed E-state index contributed by atoms with van der Waals surface area (Å²) in [5, 5.41) is 3.47. The van der Waals surface area contributed by atoms with Crippen LogP contribution in [0.3, 0.4) is 0 Å². The minimum atomic E-state index is -0.231. The van der Waals surface area contributed by atoms with Crippen LogP contribution in [0.2, 0.25) is 0 Å². The molecule has 1 N–H and O–H groups in total. The zero-order valence-corrected chi connectivity index (χ0v) is 12.2. The van der Waals surface area contributed by atoms with Gasteiger partial charge in [0, 0.05) is 31.2 Å². The van der Waals surface area contributed by atoms with E-state index in [-0.39, 0.29) is 5.82 Å². The number of nitrogens with zero attached hydrogens (tertiary/aromatic N) is 2. The van der Waals surface area contributed by atoms with Crippen LogP contribution in [0, 0.1) is 11.7 Å². The first kappa shape index (κ1) is 13.8. The quantitative estimate of drug-likeness (QED) is 0.896. The molecule has 1 saturated heterocycles. The van der Waals surface area contributed by atoms with Crippen molar-refractivity contribution in [2.75, 3.05) is 18.0 Å². The van der Waals surface area contributed by atoms with Crippen LogP contribution in [-0.2, 0) is 6.54 Å². The van der Waals surface area contributed by atoms with Gasteiger partial charge in [-0.05, 0) is 37.7 Å². The third-order valence-corrected chi connectivity index (χ3v) is 4.46. The van der Waals surface area contributed by atoms with E-state index in [0.29, 0.717) is 6.04 Å². The molecule has 3 nitrogen and oxygen atoms in total. The van der Waals surface area contributed by atoms with Gasteiger partial charge < -0.3 is 10.2 Å². The third-order valence-electron chi connectivity index (χ3n) is 4.46. The van der Waals surface area contributed by atoms with E-state index in [1.807, 2.05) is 0 Å². The monoisotopic (exact) mass is 277 g/mol. The Kier molecular flexibility index (Phi) is 4.20. The Morgan fingerprint density at radius 3 is 3.00 bits per heavy atom. The summed E-state index contributed by atoms with van der Waals surface area (Å²) in [5.41, 5.74) is 1.01. The van der Waals surface area contributed by atoms with Crippen molar-refractivity contribution < 1.29 is 4.39 Å². The summed E-state index contributed by atoms with van der Waals surface area (Å²) in [4.78, 5) is 6.73. The van der Waals surface area contributed by atoms with E-state index >= 15 is 0 Å². The molecule has 0 aromatic carbocycles. The number of hydrogen-bond acceptors (Lipinski definition) is 3. The highest BCUT2D eigenvalue weighted by molar-refractivity contribution is 5.47. The Bertz CT molecular complexity index is 459. The second-order valence-corrected chi connectivity index (χ2v) is 6.15. The second-order valence-electron chi connectivity index (χ2n) is 6.15. The van der Waals surface area contributed by atoms with E-state index in [1.54, 1.807) is 6.07 Å². The highest BCUT2D eigenvalue weighted by atomic mass is 19.1. The van der Waals surface area contributed by atoms with E-state index in [0.717, 1.165) is 36.9 Å². The smallest absolute Gasteiger partial charge is 0.141 e. The molecule has 110 valence electrons. The molecule has 2 aliphatic rings. The molecule has 0 bridgehead atoms. The molecule has 1 unspecified atom stereocenters. The lowest BCUT2D eigenvalue weighted by molar-refractivity contribution is 0.402. The molecule has 3 rings (SSSR count). The van der Waals surface area contributed by atoms with Crippen LogP contribution in [0.25, 0.3) is 0 Å². The van der Waals surface area contributed by atoms with Crippen molar-refractivity contribution in [2.45, 2.75) is 51.6 Å². The summed E-state index contributed by atoms with van der Waals surface area (Å²) in [6.07, 6.45) is 7.59. The van der Waals surface area contributed by atoms with Gasteiger partial charge >= 0.3 is 0 Å². The second kappa shape index (κ2) is 6.08. The van der Waals surface area contributed by atoms with Gasteiger partial charge in [0.05, 0.1) is 6.20 Å². The fraction of sp³-hybridized carbons (Fsp3) is 0.688. The number of aromatic nitrogens is 1. The number of hydrogen-bond donors (Lipinski definition) is 1. The highest BCUT2D eigenvalue weighted by Gasteiger charge is 2.24. The average molecular weight is 277 g/mol. The molecular weight excluding hydrogens is 253 g/mol. The van der Waals surface area contributed by atoms with E-state index in [9.17, 15) is 4.39 Å². The molecule has 0 amide bonds. The van der Waals surface area contributed by atoms with Crippen molar-refractivity contribution in [1.82, 2.24) is 10.3 Å². The first-order valence-electron chi connectivity index (χ1n) is 7.89. The Labute approximate surface area is 120 Å². The molecule has 1 atom stereocenters. The van der Waals surface area contributed by atoms with Crippen LogP contribution in [0.1, 0.15) is 44.6 Å². The Balaban J connectivity index is 1.75. The zero-order valence-electron chi connectivity index (χ0n) is 12.2. The number of halogens is 1. The SMILES string of the molecule is CCC1CCCN(c2ncc(F)cc2CNC2CC2)C1. The maximum atomic E-state index is 13.5. The average Bonchev–Trinajstić information content (AvgIpc) is 3.29. The first-order chi connectivity index (χ1) is 9.76. The minimum Gasteiger partial charge on any atom is -0.356 e. The standard InChI is InChI=1S/C16H24FN3/c1-2-12-4-3-7-20(11-12)16-13(8-14(17)10-19-16)9-18-15-5-6-15/h8,10,12,15,18H,2-7,9,11H2,1H3. The molecule has 4 heteroatoms. The summed E-state index contributed by atoms with van der Waals surface area (Å²) in [6.45, 7) is 5.09. The predicted molar refractivity (Wildman–Crippen MR) is 79.3 cm³/mol. The molecule has 20 heavy (non-hydrogen) atoms. The van der Waals surface area contributed by atoms with Crippen LogP contribution in [-0.4, -0.2) is 24.1 Å². The lowest BCUT2D eigenvalue weighted by Crippen LogP contribution is -2.36. The number of nitrogens with one attached hydrogen (secondary N) is 1. The van der Waals surface area contributed by atoms with E-state index < -0.39 is 0 Å². The highest BCUT2D eigenvalue weighted by Crippen LogP contribution is 2.27. The topological polar surface area (TPSA) is 28.2 Å². The molecule has 1 aromatic heterocycles. The molecule has 2 fully saturated rings. The molecule has 0 spiro atoms. The van der Waals surface area contributed by atoms with Crippen molar-refractivity contribution in [1.29, 1.82) is 0 Å². The molecular formula is C16H24FN3. The van der Waals surface area contributed by atoms with Gasteiger partial charge in [-0.15, -0.1) is 0 Å². The zero-order chi connectivity index (χ0) is 13.9. The predicted octanol–water partition coefficient (Wildman–Crippen LogP) is 3.10. The van der Waals surface area contributed by atoms with Gasteiger partial charge in [0.1, 0.15) is 11.6 Å². The molecule has 1 saturated carbocycles. The number of pyridine rings is 1. The molecule has 1 aliphatic carbocycles. The number of piperidine rings is 1. The maximum absolute atomic E-state index is 13.5. The van der Waals surface area contributed by atoms with E-state index in [2.05, 4.69) is 22.1 Å². The molecule has 2 heterocycles. The third kappa shape index (κ3) is 3.29. The van der Waals surface area contributed by atoms with Crippen molar-refractivity contribution in [3.8, 4) is 0 Å². The van der Waals surface area contributed by atoms with Gasteiger partial charge in [-0.1, -0.05) is 13.3 Å². The lowest BCUT2D eigenvalue weighted by Gasteiger charge is -2.34. The fourth-order valence-corrected chi connectivity index (χ4v) is 3.02. The molecule has 1 aromatic rings. The normalized spacial score (nSPS) is 23.1. The lowest BCUT2D eigenvalue weighted by atomic mass is 9.95. The van der Waals surface area contributed by atoms with Gasteiger partial charge in [0.15, 0.2) is 0 Å². The Hall–Kier alpha value is -1.16. The van der Waals surface area contributed by atoms with Crippen LogP contribution < -0.4 is 10.2 Å². The van der Waals surface area contributed by atoms with E-state index in [1.165, 1.54) is 38.3 Å². The minimum absolute atomic E-state index is 0.231. The van der Waals surface area contributed by atoms with Crippen molar-refractivity contribution in [3.05, 3.63) is 23.6 Å². The summed E-state index contributed by atoms with van der Waals surface area (Å²) in [6, 6.07) is 2.28. The van der Waals surface area contributed by atoms with Gasteiger partial charge in [0.25, 0.3) is 0 Å². The first-order valence-corrected chi connectivity index (χ1v) is 7.89. The summed E-state index contributed by atoms with van der Waals surface area (Å²) >= 11 is 0. The Morgan fingerprint density at radius 2 is 2.25 bits per heavy atom. The van der Waals surface area contributed by atoms with Crippen LogP contribution >= 0.6 is 0 Å². The van der Waals surface area contributed by atoms with Gasteiger partial charge in [0.2, 0.25) is 0 Å². The molecule has 1 aliphatic heterocycles. The largest absolute Gasteiger partial charge is 0.356 e. The van der Waals surface area contributed by atoms with Crippen LogP contribution in [0.5, 0.6) is 0 Å². The van der Waals surface area contributed by atoms with Crippen molar-refractivity contribution >= 4 is 5.82 Å². The fourth-order valence-electron chi connectivity index (χ4n) is 3.02. The van der Waals surface area contributed by atoms with Crippen molar-refractivity contribution in [3.63, 3.8) is 0 Å². The maximum Gasteiger partial charge on any atom is 0.141 e. The van der Waals surface area contributed by atoms with Crippen LogP contribution in [0.4, 0.5) is 10.2 Å². The summed E-state index contributed by atoms with van der Waals surface area (Å²) in [7, 11) is 0. The Morgan fingerprint density at radius 1 is 1.40 bits per heavy atom. The van der Waals surface area contributed by atoms with E-state index in [4.69, 9.17) is 0 Å². The summed E-state index contributed by atoms with van der Waals surface area (Å²) < 4.78 is 13.5. The number of rotatable bonds is 5. The van der Waals surface area contributed by atoms with Gasteiger partial charge in [-0.3, -0.25) is 0 Å². The number of anilines is 1. The van der Waals surface area contributed by atoms with Crippen molar-refractivity contribution in [2.24, 2.45) is 5.92 Å². The summed E-state index contributed by atoms with van der Waals surface area (Å²) in [5.74, 6) is 1.50. The molecule has 0 radical (unpaired) electrons. The van der Waals surface area contributed by atoms with Gasteiger partial charge in [-0.2, -0.15) is 0 Å².